The summed E-state index contributed by atoms with van der Waals surface area (Å²) in [7, 11) is 1.45. The Labute approximate surface area is 175 Å². The Kier molecular flexibility index (Phi) is 3.54. The van der Waals surface area contributed by atoms with E-state index in [0.29, 0.717) is 5.56 Å². The first-order valence-corrected chi connectivity index (χ1v) is 10.2. The molecule has 4 aromatic carbocycles. The quantitative estimate of drug-likeness (QED) is 0.358. The number of carbonyl (C=O) groups is 1. The molecule has 144 valence electrons. The summed E-state index contributed by atoms with van der Waals surface area (Å²) in [5, 5.41) is 0. The Morgan fingerprint density at radius 3 is 1.50 bits per heavy atom. The van der Waals surface area contributed by atoms with Crippen LogP contribution in [0.3, 0.4) is 0 Å². The molecule has 0 saturated heterocycles. The van der Waals surface area contributed by atoms with Crippen LogP contribution in [0.15, 0.2) is 97.1 Å². The molecule has 0 N–H and O–H groups in total. The zero-order valence-corrected chi connectivity index (χ0v) is 16.6. The first kappa shape index (κ1) is 17.2. The number of esters is 1. The second-order valence-electron chi connectivity index (χ2n) is 7.98. The van der Waals surface area contributed by atoms with Gasteiger partial charge in [-0.3, -0.25) is 0 Å². The zero-order valence-electron chi connectivity index (χ0n) is 16.6. The first-order chi connectivity index (χ1) is 14.8. The van der Waals surface area contributed by atoms with Crippen LogP contribution in [0.5, 0.6) is 0 Å². The van der Waals surface area contributed by atoms with Gasteiger partial charge in [-0.25, -0.2) is 4.79 Å². The van der Waals surface area contributed by atoms with E-state index in [2.05, 4.69) is 78.9 Å². The largest absolute Gasteiger partial charge is 0.465 e. The van der Waals surface area contributed by atoms with Crippen molar-refractivity contribution in [2.45, 2.75) is 11.3 Å². The van der Waals surface area contributed by atoms with Gasteiger partial charge in [0.15, 0.2) is 0 Å². The second kappa shape index (κ2) is 6.17. The molecule has 0 aliphatic heterocycles. The number of ether oxygens (including phenoxy) is 1. The number of hydrogen-bond donors (Lipinski definition) is 0. The van der Waals surface area contributed by atoms with Gasteiger partial charge < -0.3 is 4.74 Å². The van der Waals surface area contributed by atoms with E-state index in [1.807, 2.05) is 18.2 Å². The molecule has 0 atom stereocenters. The van der Waals surface area contributed by atoms with E-state index in [1.165, 1.54) is 40.5 Å². The highest BCUT2D eigenvalue weighted by atomic mass is 16.5. The summed E-state index contributed by atoms with van der Waals surface area (Å²) in [5.74, 6) is -0.0964. The molecule has 0 saturated carbocycles. The molecule has 0 fully saturated rings. The highest BCUT2D eigenvalue weighted by Gasteiger charge is 2.53. The molecule has 2 heteroatoms. The van der Waals surface area contributed by atoms with Gasteiger partial charge in [-0.1, -0.05) is 91.0 Å². The molecule has 30 heavy (non-hydrogen) atoms. The number of carbonyl (C=O) groups excluding carboxylic acids is 1. The van der Waals surface area contributed by atoms with Crippen molar-refractivity contribution in [2.75, 3.05) is 7.11 Å². The number of methoxy groups -OCH3 is 1. The maximum atomic E-state index is 12.9. The van der Waals surface area contributed by atoms with E-state index in [1.54, 1.807) is 0 Å². The van der Waals surface area contributed by atoms with Crippen LogP contribution in [0.2, 0.25) is 0 Å². The number of hydrogen-bond acceptors (Lipinski definition) is 2. The van der Waals surface area contributed by atoms with E-state index in [-0.39, 0.29) is 11.9 Å². The lowest BCUT2D eigenvalue weighted by Crippen LogP contribution is -2.44. The lowest BCUT2D eigenvalue weighted by atomic mass is 9.50. The molecule has 0 heterocycles. The van der Waals surface area contributed by atoms with Crippen molar-refractivity contribution in [3.8, 4) is 0 Å². The summed E-state index contributed by atoms with van der Waals surface area (Å²) in [6, 6.07) is 33.9. The molecule has 3 aliphatic carbocycles. The van der Waals surface area contributed by atoms with Gasteiger partial charge >= 0.3 is 5.97 Å². The van der Waals surface area contributed by atoms with Crippen LogP contribution in [0, 0.1) is 0 Å². The fraction of sp³-hybridized carbons (Fsp3) is 0.107. The summed E-state index contributed by atoms with van der Waals surface area (Å²) < 4.78 is 5.20. The third kappa shape index (κ3) is 1.96. The van der Waals surface area contributed by atoms with Crippen LogP contribution in [0.25, 0.3) is 0 Å². The predicted molar refractivity (Wildman–Crippen MR) is 117 cm³/mol. The van der Waals surface area contributed by atoms with E-state index in [9.17, 15) is 4.79 Å². The van der Waals surface area contributed by atoms with Gasteiger partial charge in [-0.05, 0) is 45.0 Å². The second-order valence-corrected chi connectivity index (χ2v) is 7.98. The number of benzene rings is 4. The summed E-state index contributed by atoms with van der Waals surface area (Å²) in [4.78, 5) is 12.9. The highest BCUT2D eigenvalue weighted by molar-refractivity contribution is 5.93. The van der Waals surface area contributed by atoms with Crippen molar-refractivity contribution < 1.29 is 9.53 Å². The van der Waals surface area contributed by atoms with Crippen molar-refractivity contribution >= 4 is 5.97 Å². The van der Waals surface area contributed by atoms with E-state index in [0.717, 1.165) is 5.56 Å². The Balaban J connectivity index is 1.85. The summed E-state index contributed by atoms with van der Waals surface area (Å²) in [6.07, 6.45) is 0. The molecule has 4 aromatic rings. The van der Waals surface area contributed by atoms with Gasteiger partial charge in [0.2, 0.25) is 0 Å². The normalized spacial score (nSPS) is 20.1. The number of rotatable bonds is 2. The smallest absolute Gasteiger partial charge is 0.338 e. The molecule has 2 nitrogen and oxygen atoms in total. The average molecular weight is 388 g/mol. The maximum absolute atomic E-state index is 12.9. The Hall–Kier alpha value is -3.65. The van der Waals surface area contributed by atoms with E-state index >= 15 is 0 Å². The lowest BCUT2D eigenvalue weighted by Gasteiger charge is -2.51. The van der Waals surface area contributed by atoms with Gasteiger partial charge in [0, 0.05) is 5.92 Å². The van der Waals surface area contributed by atoms with Crippen molar-refractivity contribution in [1.29, 1.82) is 0 Å². The van der Waals surface area contributed by atoms with E-state index in [4.69, 9.17) is 4.74 Å². The van der Waals surface area contributed by atoms with Crippen molar-refractivity contribution in [3.05, 3.63) is 142 Å². The van der Waals surface area contributed by atoms with Crippen molar-refractivity contribution in [2.24, 2.45) is 0 Å². The molecule has 0 unspecified atom stereocenters. The predicted octanol–water partition coefficient (Wildman–Crippen LogP) is 5.66. The monoisotopic (exact) mass is 388 g/mol. The van der Waals surface area contributed by atoms with Crippen molar-refractivity contribution in [3.63, 3.8) is 0 Å². The van der Waals surface area contributed by atoms with Crippen LogP contribution in [0.4, 0.5) is 0 Å². The van der Waals surface area contributed by atoms with Crippen LogP contribution in [-0.2, 0) is 10.2 Å². The summed E-state index contributed by atoms with van der Waals surface area (Å²) in [6.45, 7) is 0. The third-order valence-corrected chi connectivity index (χ3v) is 6.76. The minimum Gasteiger partial charge on any atom is -0.465 e. The minimum atomic E-state index is -0.552. The van der Waals surface area contributed by atoms with Crippen LogP contribution < -0.4 is 0 Å². The minimum absolute atomic E-state index is 0.209. The van der Waals surface area contributed by atoms with Crippen LogP contribution >= 0.6 is 0 Å². The average Bonchev–Trinajstić information content (AvgIpc) is 2.83. The fourth-order valence-corrected chi connectivity index (χ4v) is 5.74. The third-order valence-electron chi connectivity index (χ3n) is 6.76. The van der Waals surface area contributed by atoms with Crippen LogP contribution in [0.1, 0.15) is 55.2 Å². The molecular weight excluding hydrogens is 368 g/mol. The maximum Gasteiger partial charge on any atom is 0.338 e. The molecule has 0 spiro atoms. The van der Waals surface area contributed by atoms with Gasteiger partial charge in [-0.2, -0.15) is 0 Å². The molecular formula is C28H20O2. The summed E-state index contributed by atoms with van der Waals surface area (Å²) in [5.41, 5.74) is 8.74. The highest BCUT2D eigenvalue weighted by Crippen LogP contribution is 2.61. The Bertz CT molecular complexity index is 1200. The Morgan fingerprint density at radius 1 is 0.633 bits per heavy atom. The SMILES string of the molecule is COC(=O)c1ccccc1C12c3ccccc3C(c3ccccc31)c1ccccc12. The fourth-order valence-electron chi connectivity index (χ4n) is 5.74. The van der Waals surface area contributed by atoms with Crippen molar-refractivity contribution in [1.82, 2.24) is 0 Å². The van der Waals surface area contributed by atoms with Gasteiger partial charge in [0.25, 0.3) is 0 Å². The van der Waals surface area contributed by atoms with Gasteiger partial charge in [0.05, 0.1) is 18.1 Å². The summed E-state index contributed by atoms with van der Waals surface area (Å²) >= 11 is 0. The molecule has 0 aromatic heterocycles. The van der Waals surface area contributed by atoms with Crippen LogP contribution in [-0.4, -0.2) is 13.1 Å². The molecule has 3 aliphatic rings. The lowest BCUT2D eigenvalue weighted by molar-refractivity contribution is 0.0598. The van der Waals surface area contributed by atoms with E-state index < -0.39 is 5.41 Å². The topological polar surface area (TPSA) is 26.3 Å². The van der Waals surface area contributed by atoms with Gasteiger partial charge in [0.1, 0.15) is 0 Å². The standard InChI is InChI=1S/C28H20O2/c1-30-27(29)21-13-5-9-17-25(21)28-22-14-6-2-10-18(22)26(19-11-3-7-15-23(19)28)20-12-4-8-16-24(20)28/h2-17,26H,1H3. The first-order valence-electron chi connectivity index (χ1n) is 10.2. The zero-order chi connectivity index (χ0) is 20.3. The molecule has 0 amide bonds. The molecule has 2 bridgehead atoms. The molecule has 0 radical (unpaired) electrons. The Morgan fingerprint density at radius 2 is 1.03 bits per heavy atom. The molecule has 7 rings (SSSR count). The van der Waals surface area contributed by atoms with Gasteiger partial charge in [-0.15, -0.1) is 0 Å².